The van der Waals surface area contributed by atoms with Crippen LogP contribution in [-0.4, -0.2) is 72.3 Å². The van der Waals surface area contributed by atoms with Crippen molar-refractivity contribution in [2.45, 2.75) is 30.9 Å². The van der Waals surface area contributed by atoms with E-state index in [0.29, 0.717) is 25.1 Å². The van der Waals surface area contributed by atoms with E-state index in [0.717, 1.165) is 0 Å². The lowest BCUT2D eigenvalue weighted by atomic mass is 10.5. The van der Waals surface area contributed by atoms with Crippen LogP contribution in [0.25, 0.3) is 0 Å². The van der Waals surface area contributed by atoms with Gasteiger partial charge in [-0.1, -0.05) is 0 Å². The Labute approximate surface area is 157 Å². The molecule has 0 aliphatic heterocycles. The molecular formula is C11H26O11P2SSi. The molecule has 0 bridgehead atoms. The molecule has 0 spiro atoms. The molecule has 156 valence electrons. The Morgan fingerprint density at radius 3 is 1.85 bits per heavy atom. The van der Waals surface area contributed by atoms with Crippen molar-refractivity contribution in [2.75, 3.05) is 32.8 Å². The molecule has 0 saturated heterocycles. The van der Waals surface area contributed by atoms with E-state index in [9.17, 15) is 13.9 Å². The van der Waals surface area contributed by atoms with Crippen LogP contribution in [-0.2, 0) is 31.9 Å². The summed E-state index contributed by atoms with van der Waals surface area (Å²) in [6.45, 7) is 0.518. The van der Waals surface area contributed by atoms with Crippen LogP contribution in [0, 0.1) is 0 Å². The molecule has 0 aromatic rings. The minimum atomic E-state index is -5.39. The minimum Gasteiger partial charge on any atom is -0.433 e. The van der Waals surface area contributed by atoms with Crippen LogP contribution in [0.15, 0.2) is 0 Å². The highest BCUT2D eigenvalue weighted by atomic mass is 32.2. The summed E-state index contributed by atoms with van der Waals surface area (Å²) in [6, 6.07) is 0.572. The second-order valence-corrected chi connectivity index (χ2v) is 13.8. The van der Waals surface area contributed by atoms with Gasteiger partial charge in [0.1, 0.15) is 0 Å². The van der Waals surface area contributed by atoms with Crippen LogP contribution < -0.4 is 0 Å². The third-order valence-corrected chi connectivity index (χ3v) is 11.4. The van der Waals surface area contributed by atoms with Gasteiger partial charge in [-0.05, 0) is 19.1 Å². The molecule has 26 heavy (non-hydrogen) atoms. The molecule has 0 heterocycles. The van der Waals surface area contributed by atoms with E-state index < -0.39 is 35.0 Å². The van der Waals surface area contributed by atoms with E-state index in [2.05, 4.69) is 4.74 Å². The number of rotatable bonds is 13. The van der Waals surface area contributed by atoms with E-state index in [1.54, 1.807) is 0 Å². The largest absolute Gasteiger partial charge is 0.500 e. The fraction of sp³-hybridized carbons (Fsp3) is 0.909. The second kappa shape index (κ2) is 10.7. The molecule has 0 radical (unpaired) electrons. The monoisotopic (exact) mass is 456 g/mol. The molecule has 11 nitrogen and oxygen atoms in total. The third kappa shape index (κ3) is 7.32. The molecule has 0 aromatic heterocycles. The highest BCUT2D eigenvalue weighted by Crippen LogP contribution is 2.69. The zero-order valence-corrected chi connectivity index (χ0v) is 18.6. The Bertz CT molecular complexity index is 514. The number of carbonyl (C=O) groups is 1. The zero-order chi connectivity index (χ0) is 20.6. The average Bonchev–Trinajstić information content (AvgIpc) is 2.52. The normalized spacial score (nSPS) is 13.7. The van der Waals surface area contributed by atoms with Gasteiger partial charge in [-0.3, -0.25) is 13.9 Å². The molecule has 0 amide bonds. The number of carbonyl (C=O) groups excluding carboxylic acids is 1. The van der Waals surface area contributed by atoms with E-state index in [1.165, 1.54) is 33.1 Å². The van der Waals surface area contributed by atoms with Crippen LogP contribution in [0.2, 0.25) is 6.04 Å². The van der Waals surface area contributed by atoms with Gasteiger partial charge >= 0.3 is 35.0 Å². The van der Waals surface area contributed by atoms with Crippen LogP contribution >= 0.6 is 27.0 Å². The van der Waals surface area contributed by atoms with Gasteiger partial charge in [0.05, 0.1) is 6.42 Å². The Morgan fingerprint density at radius 2 is 1.46 bits per heavy atom. The van der Waals surface area contributed by atoms with Crippen molar-refractivity contribution in [2.24, 2.45) is 0 Å². The first-order valence-corrected chi connectivity index (χ1v) is 13.7. The van der Waals surface area contributed by atoms with E-state index >= 15 is 0 Å². The number of ether oxygens (including phenoxy) is 1. The maximum atomic E-state index is 11.7. The van der Waals surface area contributed by atoms with Gasteiger partial charge in [0.25, 0.3) is 0 Å². The van der Waals surface area contributed by atoms with Gasteiger partial charge in [0, 0.05) is 33.1 Å². The molecule has 0 fully saturated rings. The summed E-state index contributed by atoms with van der Waals surface area (Å²) >= 11 is 1.36. The molecule has 15 heteroatoms. The lowest BCUT2D eigenvalue weighted by Crippen LogP contribution is -2.42. The predicted octanol–water partition coefficient (Wildman–Crippen LogP) is 0.950. The summed E-state index contributed by atoms with van der Waals surface area (Å²) < 4.78 is 42.9. The van der Waals surface area contributed by atoms with Crippen LogP contribution in [0.5, 0.6) is 0 Å². The summed E-state index contributed by atoms with van der Waals surface area (Å²) in [5.41, 5.74) is 0. The van der Waals surface area contributed by atoms with Crippen molar-refractivity contribution in [1.29, 1.82) is 0 Å². The number of hydrogen-bond acceptors (Lipinski definition) is 8. The van der Waals surface area contributed by atoms with Gasteiger partial charge in [-0.25, -0.2) is 0 Å². The number of thioether (sulfide) groups is 1. The Morgan fingerprint density at radius 1 is 1.00 bits per heavy atom. The van der Waals surface area contributed by atoms with Gasteiger partial charge in [0.2, 0.25) is 0 Å². The summed E-state index contributed by atoms with van der Waals surface area (Å²) in [5, 5.41) is -3.19. The van der Waals surface area contributed by atoms with E-state index in [1.807, 2.05) is 0 Å². The summed E-state index contributed by atoms with van der Waals surface area (Å²) in [6.07, 6.45) is 0.422. The van der Waals surface area contributed by atoms with Crippen LogP contribution in [0.3, 0.4) is 0 Å². The number of esters is 1. The molecular weight excluding hydrogens is 430 g/mol. The van der Waals surface area contributed by atoms with E-state index in [-0.39, 0.29) is 12.2 Å². The molecule has 0 aliphatic carbocycles. The molecule has 4 N–H and O–H groups in total. The van der Waals surface area contributed by atoms with Crippen molar-refractivity contribution in [3.05, 3.63) is 0 Å². The predicted molar refractivity (Wildman–Crippen MR) is 96.7 cm³/mol. The van der Waals surface area contributed by atoms with Gasteiger partial charge < -0.3 is 37.6 Å². The minimum absolute atomic E-state index is 0.249. The van der Waals surface area contributed by atoms with Crippen molar-refractivity contribution in [1.82, 2.24) is 0 Å². The maximum absolute atomic E-state index is 11.7. The molecule has 0 atom stereocenters. The fourth-order valence-electron chi connectivity index (χ4n) is 1.76. The van der Waals surface area contributed by atoms with Crippen molar-refractivity contribution >= 4 is 41.7 Å². The molecule has 0 unspecified atom stereocenters. The second-order valence-electron chi connectivity index (χ2n) is 5.26. The topological polar surface area (TPSA) is 169 Å². The highest BCUT2D eigenvalue weighted by Gasteiger charge is 2.60. The first-order chi connectivity index (χ1) is 11.8. The van der Waals surface area contributed by atoms with Crippen molar-refractivity contribution in [3.63, 3.8) is 0 Å². The lowest BCUT2D eigenvalue weighted by Gasteiger charge is -2.30. The quantitative estimate of drug-likeness (QED) is 0.134. The third-order valence-electron chi connectivity index (χ3n) is 3.54. The summed E-state index contributed by atoms with van der Waals surface area (Å²) in [5.74, 6) is -0.230. The Hall–Kier alpha value is 0.217. The summed E-state index contributed by atoms with van der Waals surface area (Å²) in [7, 11) is -8.93. The van der Waals surface area contributed by atoms with Crippen molar-refractivity contribution in [3.8, 4) is 0 Å². The van der Waals surface area contributed by atoms with Crippen LogP contribution in [0.1, 0.15) is 19.8 Å². The first-order valence-electron chi connectivity index (χ1n) is 7.35. The van der Waals surface area contributed by atoms with Gasteiger partial charge in [0.15, 0.2) is 0 Å². The van der Waals surface area contributed by atoms with Gasteiger partial charge in [-0.2, -0.15) is 11.8 Å². The number of hydrogen-bond donors (Lipinski definition) is 4. The average molecular weight is 456 g/mol. The summed E-state index contributed by atoms with van der Waals surface area (Å²) in [4.78, 5) is 48.2. The smallest absolute Gasteiger partial charge is 0.433 e. The van der Waals surface area contributed by atoms with Gasteiger partial charge in [-0.15, -0.1) is 0 Å². The fourth-order valence-corrected chi connectivity index (χ4v) is 6.40. The van der Waals surface area contributed by atoms with Crippen molar-refractivity contribution < 1.29 is 51.5 Å². The molecule has 0 rings (SSSR count). The molecule has 0 aliphatic rings. The first kappa shape index (κ1) is 26.2. The van der Waals surface area contributed by atoms with Crippen LogP contribution in [0.4, 0.5) is 0 Å². The Kier molecular flexibility index (Phi) is 10.8. The molecule has 0 aromatic carbocycles. The maximum Gasteiger partial charge on any atom is 0.500 e. The molecule has 0 saturated carbocycles. The Balaban J connectivity index is 4.40. The highest BCUT2D eigenvalue weighted by molar-refractivity contribution is 7.99. The SMILES string of the molecule is CO[Si](CCCSCCC(=O)OC(C)(P(=O)(O)O)P(=O)(O)O)(OC)OC. The zero-order valence-electron chi connectivity index (χ0n) is 15.0. The van der Waals surface area contributed by atoms with E-state index in [4.69, 9.17) is 32.9 Å². The lowest BCUT2D eigenvalue weighted by molar-refractivity contribution is -0.148. The standard InChI is InChI=1S/C11H26O11P2SSi/c1-11(23(13,14)15,24(16,17)18)22-10(12)6-8-25-7-5-9-26(19-2,20-3)21-4/h5-9H2,1-4H3,(H2,13,14,15)(H2,16,17,18).